The summed E-state index contributed by atoms with van der Waals surface area (Å²) in [5.74, 6) is 1.28. The Morgan fingerprint density at radius 2 is 2.27 bits per heavy atom. The Kier molecular flexibility index (Phi) is 6.37. The van der Waals surface area contributed by atoms with Crippen LogP contribution in [0.5, 0.6) is 0 Å². The molecule has 0 unspecified atom stereocenters. The predicted octanol–water partition coefficient (Wildman–Crippen LogP) is 0.690. The number of allylic oxidation sites excluding steroid dienone is 3. The van der Waals surface area contributed by atoms with Gasteiger partial charge in [0.25, 0.3) is 0 Å². The van der Waals surface area contributed by atoms with Gasteiger partial charge >= 0.3 is 5.97 Å². The quantitative estimate of drug-likeness (QED) is 0.392. The Labute approximate surface area is 88.9 Å². The molecule has 15 heavy (non-hydrogen) atoms. The summed E-state index contributed by atoms with van der Waals surface area (Å²) in [6.45, 7) is 0.450. The van der Waals surface area contributed by atoms with Crippen molar-refractivity contribution >= 4 is 5.97 Å². The van der Waals surface area contributed by atoms with Gasteiger partial charge in [-0.2, -0.15) is 5.26 Å². The Bertz CT molecular complexity index is 351. The first-order valence-corrected chi connectivity index (χ1v) is 4.26. The molecule has 0 aliphatic carbocycles. The van der Waals surface area contributed by atoms with Crippen molar-refractivity contribution in [1.29, 1.82) is 5.26 Å². The van der Waals surface area contributed by atoms with Crippen molar-refractivity contribution in [2.24, 2.45) is 0 Å². The van der Waals surface area contributed by atoms with Gasteiger partial charge in [-0.05, 0) is 18.7 Å². The first-order valence-electron chi connectivity index (χ1n) is 4.26. The van der Waals surface area contributed by atoms with Crippen LogP contribution < -0.4 is 5.32 Å². The average Bonchev–Trinajstić information content (AvgIpc) is 2.18. The fraction of sp³-hybridized carbons (Fsp3) is 0.273. The largest absolute Gasteiger partial charge is 0.481 e. The van der Waals surface area contributed by atoms with E-state index in [0.29, 0.717) is 12.1 Å². The van der Waals surface area contributed by atoms with Crippen LogP contribution in [-0.4, -0.2) is 24.7 Å². The summed E-state index contributed by atoms with van der Waals surface area (Å²) < 4.78 is 0. The molecule has 4 heteroatoms. The molecule has 0 spiro atoms. The van der Waals surface area contributed by atoms with Crippen LogP contribution in [0.25, 0.3) is 0 Å². The summed E-state index contributed by atoms with van der Waals surface area (Å²) >= 11 is 0. The number of rotatable bonds is 5. The molecule has 0 bridgehead atoms. The highest BCUT2D eigenvalue weighted by Crippen LogP contribution is 2.02. The van der Waals surface area contributed by atoms with Gasteiger partial charge < -0.3 is 10.4 Å². The van der Waals surface area contributed by atoms with Crippen LogP contribution in [0.15, 0.2) is 23.3 Å². The van der Waals surface area contributed by atoms with Gasteiger partial charge in [0, 0.05) is 6.54 Å². The third-order valence-electron chi connectivity index (χ3n) is 1.54. The fourth-order valence-electron chi connectivity index (χ4n) is 0.920. The van der Waals surface area contributed by atoms with Gasteiger partial charge in [-0.15, -0.1) is 6.42 Å². The van der Waals surface area contributed by atoms with Crippen LogP contribution in [0, 0.1) is 23.7 Å². The van der Waals surface area contributed by atoms with Gasteiger partial charge in [-0.1, -0.05) is 12.0 Å². The number of likely N-dealkylation sites (N-methyl/N-ethyl adjacent to an activating group) is 1. The molecule has 0 saturated heterocycles. The summed E-state index contributed by atoms with van der Waals surface area (Å²) in [6.07, 6.45) is 7.97. The molecule has 0 rings (SSSR count). The normalized spacial score (nSPS) is 11.7. The lowest BCUT2D eigenvalue weighted by atomic mass is 10.1. The summed E-state index contributed by atoms with van der Waals surface area (Å²) in [4.78, 5) is 10.5. The number of aliphatic carboxylic acids is 1. The molecular weight excluding hydrogens is 192 g/mol. The molecule has 78 valence electrons. The summed E-state index contributed by atoms with van der Waals surface area (Å²) in [6, 6.07) is 1.82. The lowest BCUT2D eigenvalue weighted by molar-refractivity contribution is -0.136. The van der Waals surface area contributed by atoms with E-state index in [1.165, 1.54) is 6.08 Å². The van der Waals surface area contributed by atoms with Crippen LogP contribution in [0.3, 0.4) is 0 Å². The van der Waals surface area contributed by atoms with Crippen LogP contribution >= 0.6 is 0 Å². The molecule has 0 aliphatic heterocycles. The molecule has 0 radical (unpaired) electrons. The van der Waals surface area contributed by atoms with Crippen LogP contribution in [0.4, 0.5) is 0 Å². The molecule has 0 heterocycles. The van der Waals surface area contributed by atoms with E-state index in [4.69, 9.17) is 16.8 Å². The van der Waals surface area contributed by atoms with Crippen molar-refractivity contribution in [3.8, 4) is 18.4 Å². The van der Waals surface area contributed by atoms with Crippen LogP contribution in [0.2, 0.25) is 0 Å². The van der Waals surface area contributed by atoms with E-state index in [1.807, 2.05) is 6.07 Å². The lowest BCUT2D eigenvalue weighted by Crippen LogP contribution is -2.13. The number of hydrogen-bond acceptors (Lipinski definition) is 3. The van der Waals surface area contributed by atoms with E-state index in [-0.39, 0.29) is 12.0 Å². The first-order chi connectivity index (χ1) is 7.13. The third-order valence-corrected chi connectivity index (χ3v) is 1.54. The summed E-state index contributed by atoms with van der Waals surface area (Å²) in [5, 5.41) is 20.0. The van der Waals surface area contributed by atoms with Gasteiger partial charge in [-0.3, -0.25) is 4.79 Å². The zero-order valence-electron chi connectivity index (χ0n) is 8.45. The Morgan fingerprint density at radius 3 is 2.67 bits per heavy atom. The minimum Gasteiger partial charge on any atom is -0.481 e. The van der Waals surface area contributed by atoms with Crippen molar-refractivity contribution in [3.05, 3.63) is 23.3 Å². The standard InChI is InChI=1S/C11H12N2O2/c1-3-9(7-12)4-5-10(8-13-2)6-11(14)15/h1,4-5,13H,6,8H2,2H3,(H,14,15)/b9-4+,10-5+. The molecule has 4 nitrogen and oxygen atoms in total. The number of carboxylic acids is 1. The minimum absolute atomic E-state index is 0.0688. The van der Waals surface area contributed by atoms with Gasteiger partial charge in [0.2, 0.25) is 0 Å². The Balaban J connectivity index is 4.70. The highest BCUT2D eigenvalue weighted by molar-refractivity contribution is 5.70. The molecule has 0 aromatic heterocycles. The molecular formula is C11H12N2O2. The van der Waals surface area contributed by atoms with E-state index < -0.39 is 5.97 Å². The van der Waals surface area contributed by atoms with Gasteiger partial charge in [0.1, 0.15) is 11.6 Å². The van der Waals surface area contributed by atoms with E-state index in [2.05, 4.69) is 11.2 Å². The Morgan fingerprint density at radius 1 is 1.60 bits per heavy atom. The highest BCUT2D eigenvalue weighted by Gasteiger charge is 2.01. The third kappa shape index (κ3) is 6.09. The Hall–Kier alpha value is -2.04. The number of carbonyl (C=O) groups is 1. The van der Waals surface area contributed by atoms with Crippen molar-refractivity contribution in [2.75, 3.05) is 13.6 Å². The van der Waals surface area contributed by atoms with Crippen molar-refractivity contribution < 1.29 is 9.90 Å². The zero-order valence-corrected chi connectivity index (χ0v) is 8.45. The molecule has 0 aromatic carbocycles. The number of terminal acetylenes is 1. The van der Waals surface area contributed by atoms with Crippen molar-refractivity contribution in [2.45, 2.75) is 6.42 Å². The highest BCUT2D eigenvalue weighted by atomic mass is 16.4. The zero-order chi connectivity index (χ0) is 11.7. The second-order valence-electron chi connectivity index (χ2n) is 2.76. The minimum atomic E-state index is -0.913. The maximum absolute atomic E-state index is 10.5. The smallest absolute Gasteiger partial charge is 0.307 e. The van der Waals surface area contributed by atoms with E-state index >= 15 is 0 Å². The average molecular weight is 204 g/mol. The number of carboxylic acid groups (broad SMARTS) is 1. The predicted molar refractivity (Wildman–Crippen MR) is 56.8 cm³/mol. The molecule has 0 aromatic rings. The molecule has 0 saturated carbocycles. The second kappa shape index (κ2) is 7.37. The number of nitrogens with zero attached hydrogens (tertiary/aromatic N) is 1. The second-order valence-corrected chi connectivity index (χ2v) is 2.76. The SMILES string of the molecule is C#C/C(C#N)=C\C=C(\CNC)CC(=O)O. The summed E-state index contributed by atoms with van der Waals surface area (Å²) in [5.41, 5.74) is 0.835. The maximum Gasteiger partial charge on any atom is 0.307 e. The molecule has 0 atom stereocenters. The van der Waals surface area contributed by atoms with E-state index in [1.54, 1.807) is 13.1 Å². The summed E-state index contributed by atoms with van der Waals surface area (Å²) in [7, 11) is 1.71. The van der Waals surface area contributed by atoms with Gasteiger partial charge in [0.15, 0.2) is 0 Å². The molecule has 0 fully saturated rings. The van der Waals surface area contributed by atoms with Crippen molar-refractivity contribution in [3.63, 3.8) is 0 Å². The van der Waals surface area contributed by atoms with Gasteiger partial charge in [-0.25, -0.2) is 0 Å². The van der Waals surface area contributed by atoms with Gasteiger partial charge in [0.05, 0.1) is 6.42 Å². The fourth-order valence-corrected chi connectivity index (χ4v) is 0.920. The lowest BCUT2D eigenvalue weighted by Gasteiger charge is -2.01. The van der Waals surface area contributed by atoms with Crippen molar-refractivity contribution in [1.82, 2.24) is 5.32 Å². The topological polar surface area (TPSA) is 73.1 Å². The number of nitriles is 1. The molecule has 2 N–H and O–H groups in total. The number of nitrogens with one attached hydrogen (secondary N) is 1. The number of hydrogen-bond donors (Lipinski definition) is 2. The maximum atomic E-state index is 10.5. The molecule has 0 amide bonds. The molecule has 0 aliphatic rings. The van der Waals surface area contributed by atoms with Crippen LogP contribution in [0.1, 0.15) is 6.42 Å². The first kappa shape index (κ1) is 13.0. The van der Waals surface area contributed by atoms with E-state index in [9.17, 15) is 4.79 Å². The monoisotopic (exact) mass is 204 g/mol. The van der Waals surface area contributed by atoms with E-state index in [0.717, 1.165) is 0 Å². The van der Waals surface area contributed by atoms with Crippen LogP contribution in [-0.2, 0) is 4.79 Å².